The third kappa shape index (κ3) is 3.31. The number of rotatable bonds is 7. The molecule has 1 aromatic carbocycles. The molecule has 150 valence electrons. The largest absolute Gasteiger partial charge is 0.307 e. The number of fused-ring (bicyclic) bond motifs is 2. The first kappa shape index (κ1) is 19.3. The monoisotopic (exact) mass is 401 g/mol. The minimum Gasteiger partial charge on any atom is -0.306 e. The lowest BCUT2D eigenvalue weighted by Gasteiger charge is -2.26. The van der Waals surface area contributed by atoms with E-state index in [1.165, 1.54) is 16.9 Å². The summed E-state index contributed by atoms with van der Waals surface area (Å²) in [4.78, 5) is 38.5. The zero-order valence-electron chi connectivity index (χ0n) is 16.5. The van der Waals surface area contributed by atoms with E-state index in [1.54, 1.807) is 11.6 Å². The van der Waals surface area contributed by atoms with Gasteiger partial charge in [-0.2, -0.15) is 0 Å². The second kappa shape index (κ2) is 7.44. The van der Waals surface area contributed by atoms with E-state index in [1.807, 2.05) is 6.07 Å². The molecule has 1 saturated heterocycles. The van der Waals surface area contributed by atoms with Gasteiger partial charge in [-0.1, -0.05) is 23.8 Å². The number of imide groups is 1. The van der Waals surface area contributed by atoms with Crippen molar-refractivity contribution in [3.8, 4) is 0 Å². The maximum atomic E-state index is 12.3. The molecule has 2 unspecified atom stereocenters. The zero-order valence-corrected chi connectivity index (χ0v) is 17.3. The number of amides is 2. The number of carbonyl (C=O) groups is 2. The molecular weight excluding hydrogens is 374 g/mol. The number of carbonyl (C=O) groups excluding carboxylic acids is 2. The lowest BCUT2D eigenvalue weighted by atomic mass is 9.76. The topological polar surface area (TPSA) is 71.4 Å². The molecule has 2 atom stereocenters. The number of nitrogens with zero attached hydrogens (tertiary/aromatic N) is 2. The summed E-state index contributed by atoms with van der Waals surface area (Å²) in [5.41, 5.74) is 1.78. The molecule has 28 heavy (non-hydrogen) atoms. The first-order chi connectivity index (χ1) is 13.4. The van der Waals surface area contributed by atoms with Gasteiger partial charge in [0.2, 0.25) is 11.8 Å². The maximum absolute atomic E-state index is 12.3. The van der Waals surface area contributed by atoms with E-state index >= 15 is 0 Å². The van der Waals surface area contributed by atoms with Gasteiger partial charge in [-0.05, 0) is 63.4 Å². The number of likely N-dealkylation sites (N-methyl/N-ethyl adjacent to an activating group) is 1. The summed E-state index contributed by atoms with van der Waals surface area (Å²) in [6.07, 6.45) is 5.32. The van der Waals surface area contributed by atoms with E-state index in [0.29, 0.717) is 0 Å². The number of nitrogens with one attached hydrogen (secondary N) is 1. The molecule has 1 saturated carbocycles. The van der Waals surface area contributed by atoms with Crippen molar-refractivity contribution >= 4 is 33.4 Å². The third-order valence-corrected chi connectivity index (χ3v) is 7.59. The molecule has 1 aliphatic carbocycles. The van der Waals surface area contributed by atoms with Crippen molar-refractivity contribution in [1.82, 2.24) is 14.8 Å². The quantitative estimate of drug-likeness (QED) is 0.723. The van der Waals surface area contributed by atoms with Gasteiger partial charge in [0.1, 0.15) is 0 Å². The molecule has 0 spiro atoms. The van der Waals surface area contributed by atoms with E-state index in [0.717, 1.165) is 61.8 Å². The lowest BCUT2D eigenvalue weighted by molar-refractivity contribution is -0.129. The number of aromatic nitrogens is 1. The summed E-state index contributed by atoms with van der Waals surface area (Å²) in [7, 11) is 3.91. The highest BCUT2D eigenvalue weighted by molar-refractivity contribution is 7.16. The van der Waals surface area contributed by atoms with Crippen LogP contribution in [-0.4, -0.2) is 41.4 Å². The summed E-state index contributed by atoms with van der Waals surface area (Å²) in [5.74, 6) is -0.206. The molecule has 6 nitrogen and oxygen atoms in total. The van der Waals surface area contributed by atoms with E-state index in [9.17, 15) is 14.4 Å². The lowest BCUT2D eigenvalue weighted by Crippen LogP contribution is -2.33. The van der Waals surface area contributed by atoms with Crippen LogP contribution in [0.15, 0.2) is 23.0 Å². The van der Waals surface area contributed by atoms with Gasteiger partial charge in [0.15, 0.2) is 0 Å². The number of hydrogen-bond acceptors (Lipinski definition) is 5. The molecule has 1 N–H and O–H groups in total. The third-order valence-electron chi connectivity index (χ3n) is 6.59. The molecule has 7 heteroatoms. The predicted molar refractivity (Wildman–Crippen MR) is 110 cm³/mol. The van der Waals surface area contributed by atoms with Crippen molar-refractivity contribution in [2.75, 3.05) is 20.1 Å². The minimum atomic E-state index is -0.437. The van der Waals surface area contributed by atoms with Crippen LogP contribution in [0.2, 0.25) is 0 Å². The molecule has 2 fully saturated rings. The fourth-order valence-corrected chi connectivity index (χ4v) is 5.84. The standard InChI is InChI=1S/C21H27N3O3S/c1-23(11-4-10-21-9-3-5-15(21)18(25)22-19(21)26)12-8-14-6-7-16-17(13-14)28-20(27)24(16)2/h6-7,13,15H,3-5,8-12H2,1-2H3,(H,22,25,26). The van der Waals surface area contributed by atoms with Crippen LogP contribution in [-0.2, 0) is 23.1 Å². The van der Waals surface area contributed by atoms with Crippen LogP contribution in [0.3, 0.4) is 0 Å². The van der Waals surface area contributed by atoms with Gasteiger partial charge in [0.25, 0.3) is 0 Å². The Morgan fingerprint density at radius 2 is 2.11 bits per heavy atom. The van der Waals surface area contributed by atoms with Gasteiger partial charge in [-0.3, -0.25) is 19.7 Å². The highest BCUT2D eigenvalue weighted by Crippen LogP contribution is 2.50. The van der Waals surface area contributed by atoms with Crippen molar-refractivity contribution in [1.29, 1.82) is 0 Å². The average Bonchev–Trinajstić information content (AvgIpc) is 3.28. The Morgan fingerprint density at radius 3 is 2.93 bits per heavy atom. The first-order valence-electron chi connectivity index (χ1n) is 10.0. The van der Waals surface area contributed by atoms with Crippen LogP contribution in [0.1, 0.15) is 37.7 Å². The smallest absolute Gasteiger partial charge is 0.306 e. The van der Waals surface area contributed by atoms with Crippen molar-refractivity contribution < 1.29 is 9.59 Å². The van der Waals surface area contributed by atoms with Crippen molar-refractivity contribution in [3.63, 3.8) is 0 Å². The van der Waals surface area contributed by atoms with Crippen molar-refractivity contribution in [2.24, 2.45) is 18.4 Å². The summed E-state index contributed by atoms with van der Waals surface area (Å²) in [5, 5.41) is 2.55. The molecule has 1 aliphatic heterocycles. The molecule has 2 heterocycles. The molecule has 4 rings (SSSR count). The summed E-state index contributed by atoms with van der Waals surface area (Å²) < 4.78 is 2.73. The molecule has 0 bridgehead atoms. The van der Waals surface area contributed by atoms with Crippen LogP contribution in [0.5, 0.6) is 0 Å². The van der Waals surface area contributed by atoms with Crippen LogP contribution < -0.4 is 10.2 Å². The predicted octanol–water partition coefficient (Wildman–Crippen LogP) is 2.30. The van der Waals surface area contributed by atoms with Crippen molar-refractivity contribution in [2.45, 2.75) is 38.5 Å². The van der Waals surface area contributed by atoms with Gasteiger partial charge in [0, 0.05) is 13.6 Å². The van der Waals surface area contributed by atoms with Crippen LogP contribution >= 0.6 is 11.3 Å². The van der Waals surface area contributed by atoms with Gasteiger partial charge in [-0.15, -0.1) is 0 Å². The molecule has 2 aliphatic rings. The van der Waals surface area contributed by atoms with E-state index in [-0.39, 0.29) is 22.6 Å². The maximum Gasteiger partial charge on any atom is 0.307 e. The average molecular weight is 402 g/mol. The molecular formula is C21H27N3O3S. The van der Waals surface area contributed by atoms with Gasteiger partial charge in [0.05, 0.1) is 21.5 Å². The van der Waals surface area contributed by atoms with E-state index in [2.05, 4.69) is 29.4 Å². The molecule has 0 radical (unpaired) electrons. The number of aryl methyl sites for hydroxylation is 1. The molecule has 2 aromatic rings. The SMILES string of the molecule is CN(CCCC12CCCC1C(=O)NC2=O)CCc1ccc2c(c1)sc(=O)n2C. The van der Waals surface area contributed by atoms with E-state index < -0.39 is 5.41 Å². The van der Waals surface area contributed by atoms with Crippen molar-refractivity contribution in [3.05, 3.63) is 33.4 Å². The summed E-state index contributed by atoms with van der Waals surface area (Å²) >= 11 is 1.29. The Hall–Kier alpha value is -1.99. The van der Waals surface area contributed by atoms with Gasteiger partial charge in [-0.25, -0.2) is 0 Å². The van der Waals surface area contributed by atoms with Gasteiger partial charge < -0.3 is 9.47 Å². The van der Waals surface area contributed by atoms with E-state index in [4.69, 9.17) is 0 Å². The Bertz CT molecular complexity index is 979. The number of hydrogen-bond donors (Lipinski definition) is 1. The zero-order chi connectivity index (χ0) is 19.9. The second-order valence-electron chi connectivity index (χ2n) is 8.31. The Kier molecular flexibility index (Phi) is 5.14. The van der Waals surface area contributed by atoms with Gasteiger partial charge >= 0.3 is 4.87 Å². The highest BCUT2D eigenvalue weighted by Gasteiger charge is 2.56. The Morgan fingerprint density at radius 1 is 1.29 bits per heavy atom. The summed E-state index contributed by atoms with van der Waals surface area (Å²) in [6.45, 7) is 1.84. The first-order valence-corrected chi connectivity index (χ1v) is 10.8. The highest BCUT2D eigenvalue weighted by atomic mass is 32.1. The molecule has 1 aromatic heterocycles. The Labute approximate surface area is 168 Å². The second-order valence-corrected chi connectivity index (χ2v) is 9.30. The van der Waals surface area contributed by atoms with Crippen LogP contribution in [0, 0.1) is 11.3 Å². The Balaban J connectivity index is 1.29. The normalized spacial score (nSPS) is 24.3. The minimum absolute atomic E-state index is 0.0437. The fourth-order valence-electron chi connectivity index (χ4n) is 4.89. The van der Waals surface area contributed by atoms with Crippen LogP contribution in [0.25, 0.3) is 10.2 Å². The van der Waals surface area contributed by atoms with Crippen LogP contribution in [0.4, 0.5) is 0 Å². The number of benzene rings is 1. The fraction of sp³-hybridized carbons (Fsp3) is 0.571. The summed E-state index contributed by atoms with van der Waals surface area (Å²) in [6, 6.07) is 6.24. The molecule has 2 amide bonds. The number of thiazole rings is 1.